The van der Waals surface area contributed by atoms with Crippen LogP contribution in [0.1, 0.15) is 16.1 Å². The van der Waals surface area contributed by atoms with Crippen LogP contribution in [0.25, 0.3) is 11.0 Å². The van der Waals surface area contributed by atoms with Gasteiger partial charge in [0.1, 0.15) is 15.4 Å². The van der Waals surface area contributed by atoms with E-state index in [1.54, 1.807) is 18.2 Å². The van der Waals surface area contributed by atoms with Gasteiger partial charge in [-0.05, 0) is 23.8 Å². The lowest BCUT2D eigenvalue weighted by Crippen LogP contribution is -2.12. The Kier molecular flexibility index (Phi) is 4.48. The van der Waals surface area contributed by atoms with Crippen LogP contribution < -0.4 is 0 Å². The fourth-order valence-corrected chi connectivity index (χ4v) is 4.44. The van der Waals surface area contributed by atoms with Gasteiger partial charge >= 0.3 is 5.97 Å². The topological polar surface area (TPSA) is 102 Å². The molecule has 8 heteroatoms. The minimum Gasteiger partial charge on any atom is -0.475 e. The zero-order chi connectivity index (χ0) is 15.6. The van der Waals surface area contributed by atoms with Crippen LogP contribution in [0.4, 0.5) is 0 Å². The molecule has 0 fully saturated rings. The molecule has 0 saturated heterocycles. The van der Waals surface area contributed by atoms with Crippen LogP contribution >= 0.6 is 0 Å². The summed E-state index contributed by atoms with van der Waals surface area (Å²) in [5.41, 5.74) is 1.19. The Morgan fingerprint density at radius 2 is 2.05 bits per heavy atom. The monoisotopic (exact) mass is 330 g/mol. The van der Waals surface area contributed by atoms with Crippen molar-refractivity contribution in [2.75, 3.05) is 17.8 Å². The second kappa shape index (κ2) is 5.98. The van der Waals surface area contributed by atoms with Crippen molar-refractivity contribution < 1.29 is 26.9 Å². The summed E-state index contributed by atoms with van der Waals surface area (Å²) < 4.78 is 39.0. The van der Waals surface area contributed by atoms with E-state index in [9.17, 15) is 17.4 Å². The van der Waals surface area contributed by atoms with Gasteiger partial charge in [-0.1, -0.05) is 6.07 Å². The van der Waals surface area contributed by atoms with E-state index in [0.717, 1.165) is 11.8 Å². The lowest BCUT2D eigenvalue weighted by Gasteiger charge is -2.02. The SMILES string of the molecule is CS(=O)(=O)CCS(=O)Cc1ccc2oc(C(=O)O)cc2c1. The molecule has 2 rings (SSSR count). The van der Waals surface area contributed by atoms with Crippen molar-refractivity contribution in [3.63, 3.8) is 0 Å². The molecule has 1 aromatic heterocycles. The van der Waals surface area contributed by atoms with Crippen molar-refractivity contribution in [1.29, 1.82) is 0 Å². The van der Waals surface area contributed by atoms with Crippen molar-refractivity contribution in [1.82, 2.24) is 0 Å². The van der Waals surface area contributed by atoms with Crippen LogP contribution in [0.2, 0.25) is 0 Å². The molecule has 1 aromatic carbocycles. The third kappa shape index (κ3) is 4.40. The lowest BCUT2D eigenvalue weighted by atomic mass is 10.2. The van der Waals surface area contributed by atoms with Gasteiger partial charge in [0.2, 0.25) is 5.76 Å². The molecule has 1 unspecified atom stereocenters. The fraction of sp³-hybridized carbons (Fsp3) is 0.308. The number of hydrogen-bond acceptors (Lipinski definition) is 5. The summed E-state index contributed by atoms with van der Waals surface area (Å²) in [5, 5.41) is 9.46. The average Bonchev–Trinajstić information content (AvgIpc) is 2.79. The highest BCUT2D eigenvalue weighted by molar-refractivity contribution is 7.92. The van der Waals surface area contributed by atoms with E-state index in [-0.39, 0.29) is 23.0 Å². The number of hydrogen-bond donors (Lipinski definition) is 1. The highest BCUT2D eigenvalue weighted by Crippen LogP contribution is 2.21. The first-order valence-corrected chi connectivity index (χ1v) is 9.58. The molecule has 0 radical (unpaired) electrons. The highest BCUT2D eigenvalue weighted by atomic mass is 32.2. The van der Waals surface area contributed by atoms with Gasteiger partial charge in [0.15, 0.2) is 0 Å². The molecule has 114 valence electrons. The average molecular weight is 330 g/mol. The number of carbonyl (C=O) groups is 1. The molecule has 2 aromatic rings. The summed E-state index contributed by atoms with van der Waals surface area (Å²) in [4.78, 5) is 10.8. The maximum Gasteiger partial charge on any atom is 0.371 e. The molecule has 1 heterocycles. The number of rotatable bonds is 6. The number of carboxylic acids is 1. The van der Waals surface area contributed by atoms with Gasteiger partial charge in [0.25, 0.3) is 0 Å². The van der Waals surface area contributed by atoms with Crippen LogP contribution in [-0.2, 0) is 26.4 Å². The van der Waals surface area contributed by atoms with Crippen molar-refractivity contribution in [3.05, 3.63) is 35.6 Å². The van der Waals surface area contributed by atoms with Gasteiger partial charge in [-0.3, -0.25) is 4.21 Å². The molecule has 0 aliphatic rings. The maximum atomic E-state index is 11.8. The molecule has 0 aliphatic carbocycles. The third-order valence-electron chi connectivity index (χ3n) is 2.80. The van der Waals surface area contributed by atoms with Crippen molar-refractivity contribution in [2.45, 2.75) is 5.75 Å². The molecule has 6 nitrogen and oxygen atoms in total. The fourth-order valence-electron chi connectivity index (χ4n) is 1.79. The first kappa shape index (κ1) is 15.7. The number of aromatic carboxylic acids is 1. The predicted molar refractivity (Wildman–Crippen MR) is 79.6 cm³/mol. The van der Waals surface area contributed by atoms with Crippen LogP contribution in [0.3, 0.4) is 0 Å². The van der Waals surface area contributed by atoms with Crippen LogP contribution in [-0.4, -0.2) is 41.5 Å². The molecular weight excluding hydrogens is 316 g/mol. The van der Waals surface area contributed by atoms with Crippen LogP contribution in [0.5, 0.6) is 0 Å². The van der Waals surface area contributed by atoms with E-state index >= 15 is 0 Å². The van der Waals surface area contributed by atoms with Gasteiger partial charge in [0, 0.05) is 33.9 Å². The Morgan fingerprint density at radius 1 is 1.33 bits per heavy atom. The number of furan rings is 1. The third-order valence-corrected chi connectivity index (χ3v) is 5.32. The molecule has 0 amide bonds. The van der Waals surface area contributed by atoms with Crippen molar-refractivity contribution in [2.24, 2.45) is 0 Å². The Bertz CT molecular complexity index is 803. The smallest absolute Gasteiger partial charge is 0.371 e. The maximum absolute atomic E-state index is 11.8. The van der Waals surface area contributed by atoms with Gasteiger partial charge < -0.3 is 9.52 Å². The van der Waals surface area contributed by atoms with E-state index in [2.05, 4.69) is 0 Å². The van der Waals surface area contributed by atoms with E-state index < -0.39 is 26.6 Å². The quantitative estimate of drug-likeness (QED) is 0.859. The second-order valence-corrected chi connectivity index (χ2v) is 8.54. The first-order valence-electron chi connectivity index (χ1n) is 6.03. The Labute approximate surface area is 124 Å². The van der Waals surface area contributed by atoms with E-state index in [0.29, 0.717) is 11.0 Å². The molecule has 0 aliphatic heterocycles. The largest absolute Gasteiger partial charge is 0.475 e. The Morgan fingerprint density at radius 3 is 2.67 bits per heavy atom. The summed E-state index contributed by atoms with van der Waals surface area (Å²) in [5.74, 6) is -1.11. The number of sulfone groups is 1. The predicted octanol–water partition coefficient (Wildman–Crippen LogP) is 1.42. The second-order valence-electron chi connectivity index (χ2n) is 4.71. The summed E-state index contributed by atoms with van der Waals surface area (Å²) in [6.07, 6.45) is 1.11. The number of fused-ring (bicyclic) bond motifs is 1. The Balaban J connectivity index is 2.12. The molecule has 0 saturated carbocycles. The summed E-state index contributed by atoms with van der Waals surface area (Å²) in [7, 11) is -4.41. The standard InChI is InChI=1S/C13H14O6S2/c1-21(17,18)5-4-20(16)8-9-2-3-11-10(6-9)7-12(19-11)13(14)15/h2-3,6-7H,4-5,8H2,1H3,(H,14,15). The van der Waals surface area contributed by atoms with E-state index in [1.165, 1.54) is 6.07 Å². The van der Waals surface area contributed by atoms with E-state index in [4.69, 9.17) is 9.52 Å². The van der Waals surface area contributed by atoms with Gasteiger partial charge in [-0.25, -0.2) is 13.2 Å². The summed E-state index contributed by atoms with van der Waals surface area (Å²) in [6, 6.07) is 6.41. The summed E-state index contributed by atoms with van der Waals surface area (Å²) >= 11 is 0. The van der Waals surface area contributed by atoms with Gasteiger partial charge in [-0.15, -0.1) is 0 Å². The molecule has 1 atom stereocenters. The van der Waals surface area contributed by atoms with Gasteiger partial charge in [0.05, 0.1) is 5.75 Å². The lowest BCUT2D eigenvalue weighted by molar-refractivity contribution is 0.0665. The summed E-state index contributed by atoms with van der Waals surface area (Å²) in [6.45, 7) is 0. The van der Waals surface area contributed by atoms with Gasteiger partial charge in [-0.2, -0.15) is 0 Å². The number of benzene rings is 1. The molecule has 0 bridgehead atoms. The van der Waals surface area contributed by atoms with E-state index in [1.807, 2.05) is 0 Å². The Hall–Kier alpha value is -1.67. The minimum absolute atomic E-state index is 0.0859. The normalized spacial score (nSPS) is 13.4. The minimum atomic E-state index is -3.13. The highest BCUT2D eigenvalue weighted by Gasteiger charge is 2.12. The molecular formula is C13H14O6S2. The first-order chi connectivity index (χ1) is 9.74. The zero-order valence-corrected chi connectivity index (χ0v) is 12.9. The molecule has 0 spiro atoms. The van der Waals surface area contributed by atoms with Crippen molar-refractivity contribution >= 4 is 37.6 Å². The van der Waals surface area contributed by atoms with Crippen LogP contribution in [0, 0.1) is 0 Å². The van der Waals surface area contributed by atoms with Crippen molar-refractivity contribution in [3.8, 4) is 0 Å². The number of carboxylic acid groups (broad SMARTS) is 1. The zero-order valence-electron chi connectivity index (χ0n) is 11.2. The van der Waals surface area contributed by atoms with Crippen LogP contribution in [0.15, 0.2) is 28.7 Å². The molecule has 21 heavy (non-hydrogen) atoms. The molecule has 1 N–H and O–H groups in total.